The lowest BCUT2D eigenvalue weighted by molar-refractivity contribution is -0.133. The molecule has 2 rings (SSSR count). The molecule has 25 heavy (non-hydrogen) atoms. The molecule has 1 N–H and O–H groups in total. The van der Waals surface area contributed by atoms with Crippen molar-refractivity contribution in [3.8, 4) is 5.75 Å². The van der Waals surface area contributed by atoms with E-state index < -0.39 is 0 Å². The second-order valence-electron chi connectivity index (χ2n) is 6.27. The molecule has 0 saturated carbocycles. The van der Waals surface area contributed by atoms with Crippen LogP contribution in [-0.4, -0.2) is 67.5 Å². The van der Waals surface area contributed by atoms with Gasteiger partial charge in [0.2, 0.25) is 11.8 Å². The molecule has 138 valence electrons. The molecule has 6 nitrogen and oxygen atoms in total. The molecule has 1 saturated heterocycles. The molecule has 0 aromatic heterocycles. The number of piperazine rings is 1. The second-order valence-corrected chi connectivity index (χ2v) is 6.27. The van der Waals surface area contributed by atoms with Gasteiger partial charge in [-0.15, -0.1) is 0 Å². The third kappa shape index (κ3) is 7.13. The van der Waals surface area contributed by atoms with Crippen molar-refractivity contribution in [1.29, 1.82) is 0 Å². The van der Waals surface area contributed by atoms with Crippen LogP contribution in [0.1, 0.15) is 26.2 Å². The Morgan fingerprint density at radius 1 is 1.12 bits per heavy atom. The van der Waals surface area contributed by atoms with Gasteiger partial charge in [-0.25, -0.2) is 0 Å². The minimum absolute atomic E-state index is 0.0692. The van der Waals surface area contributed by atoms with Crippen molar-refractivity contribution in [2.75, 3.05) is 45.9 Å². The minimum atomic E-state index is 0.0692. The quantitative estimate of drug-likeness (QED) is 0.688. The molecule has 1 aliphatic rings. The SMILES string of the molecule is CCCNC(=O)CN1CCN(C(=O)CCCOc2ccccc2)CC1. The number of ether oxygens (including phenoxy) is 1. The number of hydrogen-bond acceptors (Lipinski definition) is 4. The minimum Gasteiger partial charge on any atom is -0.494 e. The first-order valence-corrected chi connectivity index (χ1v) is 9.13. The Morgan fingerprint density at radius 2 is 1.84 bits per heavy atom. The number of amides is 2. The molecule has 1 fully saturated rings. The Bertz CT molecular complexity index is 528. The van der Waals surface area contributed by atoms with E-state index in [0.717, 1.165) is 31.8 Å². The van der Waals surface area contributed by atoms with Gasteiger partial charge < -0.3 is 15.0 Å². The average Bonchev–Trinajstić information content (AvgIpc) is 2.65. The smallest absolute Gasteiger partial charge is 0.234 e. The van der Waals surface area contributed by atoms with E-state index in [-0.39, 0.29) is 11.8 Å². The Balaban J connectivity index is 1.58. The van der Waals surface area contributed by atoms with Crippen LogP contribution in [0.5, 0.6) is 5.75 Å². The third-order valence-corrected chi connectivity index (χ3v) is 4.21. The van der Waals surface area contributed by atoms with Crippen molar-refractivity contribution in [3.63, 3.8) is 0 Å². The molecular formula is C19H29N3O3. The van der Waals surface area contributed by atoms with E-state index in [9.17, 15) is 9.59 Å². The molecule has 0 aliphatic carbocycles. The number of carbonyl (C=O) groups excluding carboxylic acids is 2. The van der Waals surface area contributed by atoms with Crippen LogP contribution < -0.4 is 10.1 Å². The van der Waals surface area contributed by atoms with Crippen LogP contribution in [-0.2, 0) is 9.59 Å². The predicted molar refractivity (Wildman–Crippen MR) is 97.5 cm³/mol. The van der Waals surface area contributed by atoms with Crippen LogP contribution in [0.2, 0.25) is 0 Å². The molecule has 1 aliphatic heterocycles. The fraction of sp³-hybridized carbons (Fsp3) is 0.579. The zero-order valence-electron chi connectivity index (χ0n) is 15.1. The van der Waals surface area contributed by atoms with Gasteiger partial charge in [0.25, 0.3) is 0 Å². The van der Waals surface area contributed by atoms with Gasteiger partial charge in [-0.3, -0.25) is 14.5 Å². The van der Waals surface area contributed by atoms with Gasteiger partial charge in [-0.05, 0) is 25.0 Å². The number of para-hydroxylation sites is 1. The highest BCUT2D eigenvalue weighted by Gasteiger charge is 2.21. The molecule has 0 radical (unpaired) electrons. The standard InChI is InChI=1S/C19H29N3O3/c1-2-10-20-18(23)16-21-11-13-22(14-12-21)19(24)9-6-15-25-17-7-4-3-5-8-17/h3-5,7-8H,2,6,9-16H2,1H3,(H,20,23). The maximum Gasteiger partial charge on any atom is 0.234 e. The van der Waals surface area contributed by atoms with Gasteiger partial charge in [-0.1, -0.05) is 25.1 Å². The van der Waals surface area contributed by atoms with Crippen LogP contribution in [0, 0.1) is 0 Å². The van der Waals surface area contributed by atoms with Crippen molar-refractivity contribution in [1.82, 2.24) is 15.1 Å². The van der Waals surface area contributed by atoms with E-state index in [1.54, 1.807) is 0 Å². The van der Waals surface area contributed by atoms with Crippen LogP contribution >= 0.6 is 0 Å². The highest BCUT2D eigenvalue weighted by Crippen LogP contribution is 2.10. The third-order valence-electron chi connectivity index (χ3n) is 4.21. The topological polar surface area (TPSA) is 61.9 Å². The van der Waals surface area contributed by atoms with Gasteiger partial charge in [0.05, 0.1) is 13.2 Å². The molecule has 1 heterocycles. The van der Waals surface area contributed by atoms with Crippen molar-refractivity contribution >= 4 is 11.8 Å². The van der Waals surface area contributed by atoms with E-state index in [2.05, 4.69) is 10.2 Å². The Morgan fingerprint density at radius 3 is 2.52 bits per heavy atom. The number of nitrogens with zero attached hydrogens (tertiary/aromatic N) is 2. The molecule has 0 unspecified atom stereocenters. The first-order chi connectivity index (χ1) is 12.2. The summed E-state index contributed by atoms with van der Waals surface area (Å²) in [7, 11) is 0. The lowest BCUT2D eigenvalue weighted by Crippen LogP contribution is -2.51. The summed E-state index contributed by atoms with van der Waals surface area (Å²) in [6.07, 6.45) is 2.17. The van der Waals surface area contributed by atoms with Gasteiger partial charge in [0.1, 0.15) is 5.75 Å². The zero-order chi connectivity index (χ0) is 17.9. The van der Waals surface area contributed by atoms with Crippen LogP contribution in [0.25, 0.3) is 0 Å². The van der Waals surface area contributed by atoms with Crippen molar-refractivity contribution < 1.29 is 14.3 Å². The summed E-state index contributed by atoms with van der Waals surface area (Å²) in [5, 5.41) is 2.89. The molecule has 6 heteroatoms. The fourth-order valence-electron chi connectivity index (χ4n) is 2.77. The summed E-state index contributed by atoms with van der Waals surface area (Å²) < 4.78 is 5.61. The number of carbonyl (C=O) groups is 2. The lowest BCUT2D eigenvalue weighted by Gasteiger charge is -2.34. The summed E-state index contributed by atoms with van der Waals surface area (Å²) in [5.41, 5.74) is 0. The summed E-state index contributed by atoms with van der Waals surface area (Å²) in [6, 6.07) is 9.64. The van der Waals surface area contributed by atoms with E-state index in [0.29, 0.717) is 39.1 Å². The van der Waals surface area contributed by atoms with Gasteiger partial charge in [0.15, 0.2) is 0 Å². The van der Waals surface area contributed by atoms with Crippen LogP contribution in [0.15, 0.2) is 30.3 Å². The van der Waals surface area contributed by atoms with E-state index in [4.69, 9.17) is 4.74 Å². The number of nitrogens with one attached hydrogen (secondary N) is 1. The van der Waals surface area contributed by atoms with Gasteiger partial charge in [-0.2, -0.15) is 0 Å². The van der Waals surface area contributed by atoms with Crippen molar-refractivity contribution in [3.05, 3.63) is 30.3 Å². The van der Waals surface area contributed by atoms with Crippen molar-refractivity contribution in [2.24, 2.45) is 0 Å². The normalized spacial score (nSPS) is 15.0. The number of rotatable bonds is 9. The molecule has 0 spiro atoms. The number of hydrogen-bond donors (Lipinski definition) is 1. The zero-order valence-corrected chi connectivity index (χ0v) is 15.1. The van der Waals surface area contributed by atoms with Crippen molar-refractivity contribution in [2.45, 2.75) is 26.2 Å². The van der Waals surface area contributed by atoms with Gasteiger partial charge in [0, 0.05) is 39.1 Å². The predicted octanol–water partition coefficient (Wildman–Crippen LogP) is 1.52. The average molecular weight is 347 g/mol. The largest absolute Gasteiger partial charge is 0.494 e. The molecule has 0 bridgehead atoms. The van der Waals surface area contributed by atoms with Crippen LogP contribution in [0.3, 0.4) is 0 Å². The first kappa shape index (κ1) is 19.2. The maximum absolute atomic E-state index is 12.3. The summed E-state index contributed by atoms with van der Waals surface area (Å²) >= 11 is 0. The fourth-order valence-corrected chi connectivity index (χ4v) is 2.77. The Hall–Kier alpha value is -2.08. The summed E-state index contributed by atoms with van der Waals surface area (Å²) in [4.78, 5) is 28.0. The summed E-state index contributed by atoms with van der Waals surface area (Å²) in [5.74, 6) is 1.08. The molecule has 0 atom stereocenters. The monoisotopic (exact) mass is 347 g/mol. The summed E-state index contributed by atoms with van der Waals surface area (Å²) in [6.45, 7) is 6.63. The van der Waals surface area contributed by atoms with Gasteiger partial charge >= 0.3 is 0 Å². The Labute approximate surface area is 150 Å². The molecule has 2 amide bonds. The highest BCUT2D eigenvalue weighted by atomic mass is 16.5. The number of benzene rings is 1. The molecule has 1 aromatic rings. The van der Waals surface area contributed by atoms with Crippen LogP contribution in [0.4, 0.5) is 0 Å². The van der Waals surface area contributed by atoms with E-state index in [1.807, 2.05) is 42.2 Å². The molecule has 1 aromatic carbocycles. The second kappa shape index (κ2) is 10.7. The molecular weight excluding hydrogens is 318 g/mol. The highest BCUT2D eigenvalue weighted by molar-refractivity contribution is 5.78. The van der Waals surface area contributed by atoms with E-state index >= 15 is 0 Å². The van der Waals surface area contributed by atoms with E-state index in [1.165, 1.54) is 0 Å². The Kier molecular flexibility index (Phi) is 8.25. The maximum atomic E-state index is 12.3. The first-order valence-electron chi connectivity index (χ1n) is 9.13. The lowest BCUT2D eigenvalue weighted by atomic mass is 10.2.